The summed E-state index contributed by atoms with van der Waals surface area (Å²) < 4.78 is 1.08. The summed E-state index contributed by atoms with van der Waals surface area (Å²) in [7, 11) is 0. The highest BCUT2D eigenvalue weighted by molar-refractivity contribution is 9.10. The minimum absolute atomic E-state index is 0.292. The van der Waals surface area contributed by atoms with Gasteiger partial charge in [0, 0.05) is 21.4 Å². The highest BCUT2D eigenvalue weighted by Crippen LogP contribution is 2.35. The van der Waals surface area contributed by atoms with Gasteiger partial charge in [-0.25, -0.2) is 0 Å². The van der Waals surface area contributed by atoms with Gasteiger partial charge in [-0.1, -0.05) is 15.9 Å². The van der Waals surface area contributed by atoms with Crippen molar-refractivity contribution in [1.82, 2.24) is 0 Å². The molecule has 0 bridgehead atoms. The van der Waals surface area contributed by atoms with Gasteiger partial charge in [0.15, 0.2) is 5.78 Å². The van der Waals surface area contributed by atoms with E-state index in [1.54, 1.807) is 11.8 Å². The third-order valence-electron chi connectivity index (χ3n) is 2.32. The van der Waals surface area contributed by atoms with E-state index in [1.165, 1.54) is 5.56 Å². The van der Waals surface area contributed by atoms with E-state index in [2.05, 4.69) is 15.9 Å². The Morgan fingerprint density at radius 2 is 2.15 bits per heavy atom. The standard InChI is InChI=1S/C10H9BrOS/c1-13-9-5-3-7(11)6-2-4-8(12)10(6)9/h3,5H,2,4H2,1H3. The second-order valence-electron chi connectivity index (χ2n) is 3.03. The fourth-order valence-corrected chi connectivity index (χ4v) is 2.86. The molecule has 1 aliphatic rings. The Hall–Kier alpha value is -0.280. The van der Waals surface area contributed by atoms with Crippen LogP contribution in [0.15, 0.2) is 21.5 Å². The Morgan fingerprint density at radius 1 is 1.38 bits per heavy atom. The van der Waals surface area contributed by atoms with Crippen LogP contribution < -0.4 is 0 Å². The number of ketones is 1. The van der Waals surface area contributed by atoms with Crippen molar-refractivity contribution < 1.29 is 4.79 Å². The molecule has 1 nitrogen and oxygen atoms in total. The molecule has 0 saturated heterocycles. The van der Waals surface area contributed by atoms with Crippen molar-refractivity contribution in [3.8, 4) is 0 Å². The summed E-state index contributed by atoms with van der Waals surface area (Å²) in [6.45, 7) is 0. The van der Waals surface area contributed by atoms with E-state index >= 15 is 0 Å². The average molecular weight is 257 g/mol. The Labute approximate surface area is 90.0 Å². The maximum Gasteiger partial charge on any atom is 0.164 e. The zero-order valence-electron chi connectivity index (χ0n) is 7.26. The number of Topliss-reactive ketones (excluding diaryl/α,β-unsaturated/α-hetero) is 1. The summed E-state index contributed by atoms with van der Waals surface area (Å²) in [5.74, 6) is 0.292. The molecule has 0 unspecified atom stereocenters. The molecule has 0 aliphatic heterocycles. The molecule has 0 radical (unpaired) electrons. The van der Waals surface area contributed by atoms with Crippen LogP contribution in [0, 0.1) is 0 Å². The first-order valence-corrected chi connectivity index (χ1v) is 6.14. The largest absolute Gasteiger partial charge is 0.294 e. The van der Waals surface area contributed by atoms with Crippen molar-refractivity contribution >= 4 is 33.5 Å². The molecule has 0 fully saturated rings. The predicted molar refractivity (Wildman–Crippen MR) is 58.6 cm³/mol. The van der Waals surface area contributed by atoms with E-state index in [1.807, 2.05) is 18.4 Å². The number of halogens is 1. The maximum absolute atomic E-state index is 11.6. The Bertz CT molecular complexity index is 373. The highest BCUT2D eigenvalue weighted by Gasteiger charge is 2.24. The minimum Gasteiger partial charge on any atom is -0.294 e. The average Bonchev–Trinajstić information content (AvgIpc) is 2.51. The lowest BCUT2D eigenvalue weighted by Crippen LogP contribution is -1.94. The zero-order valence-corrected chi connectivity index (χ0v) is 9.67. The van der Waals surface area contributed by atoms with Gasteiger partial charge >= 0.3 is 0 Å². The van der Waals surface area contributed by atoms with Gasteiger partial charge in [-0.15, -0.1) is 11.8 Å². The van der Waals surface area contributed by atoms with Gasteiger partial charge < -0.3 is 0 Å². The number of fused-ring (bicyclic) bond motifs is 1. The molecule has 68 valence electrons. The topological polar surface area (TPSA) is 17.1 Å². The van der Waals surface area contributed by atoms with Crippen LogP contribution >= 0.6 is 27.7 Å². The number of benzene rings is 1. The van der Waals surface area contributed by atoms with Crippen LogP contribution in [0.25, 0.3) is 0 Å². The smallest absolute Gasteiger partial charge is 0.164 e. The fraction of sp³-hybridized carbons (Fsp3) is 0.300. The molecule has 1 aromatic carbocycles. The van der Waals surface area contributed by atoms with Crippen molar-refractivity contribution in [1.29, 1.82) is 0 Å². The summed E-state index contributed by atoms with van der Waals surface area (Å²) in [5.41, 5.74) is 2.14. The number of hydrogen-bond acceptors (Lipinski definition) is 2. The van der Waals surface area contributed by atoms with Crippen LogP contribution in [0.1, 0.15) is 22.3 Å². The van der Waals surface area contributed by atoms with E-state index in [-0.39, 0.29) is 0 Å². The summed E-state index contributed by atoms with van der Waals surface area (Å²) in [6, 6.07) is 4.04. The second kappa shape index (κ2) is 3.46. The third kappa shape index (κ3) is 1.44. The molecular formula is C10H9BrOS. The third-order valence-corrected chi connectivity index (χ3v) is 3.84. The number of hydrogen-bond donors (Lipinski definition) is 0. The number of thioether (sulfide) groups is 1. The normalized spacial score (nSPS) is 14.8. The molecule has 13 heavy (non-hydrogen) atoms. The van der Waals surface area contributed by atoms with Gasteiger partial charge in [-0.05, 0) is 30.4 Å². The summed E-state index contributed by atoms with van der Waals surface area (Å²) >= 11 is 5.12. The van der Waals surface area contributed by atoms with Gasteiger partial charge in [-0.3, -0.25) is 4.79 Å². The van der Waals surface area contributed by atoms with Crippen molar-refractivity contribution in [2.45, 2.75) is 17.7 Å². The highest BCUT2D eigenvalue weighted by atomic mass is 79.9. The fourth-order valence-electron chi connectivity index (χ4n) is 1.68. The molecule has 0 amide bonds. The van der Waals surface area contributed by atoms with Crippen molar-refractivity contribution in [3.63, 3.8) is 0 Å². The van der Waals surface area contributed by atoms with Gasteiger partial charge in [0.1, 0.15) is 0 Å². The van der Waals surface area contributed by atoms with Crippen molar-refractivity contribution in [2.24, 2.45) is 0 Å². The summed E-state index contributed by atoms with van der Waals surface area (Å²) in [5, 5.41) is 0. The van der Waals surface area contributed by atoms with Gasteiger partial charge in [0.25, 0.3) is 0 Å². The van der Waals surface area contributed by atoms with E-state index in [0.29, 0.717) is 12.2 Å². The lowest BCUT2D eigenvalue weighted by atomic mass is 10.1. The molecule has 0 saturated carbocycles. The first kappa shape index (κ1) is 9.28. The van der Waals surface area contributed by atoms with Crippen molar-refractivity contribution in [2.75, 3.05) is 6.26 Å². The monoisotopic (exact) mass is 256 g/mol. The first-order valence-electron chi connectivity index (χ1n) is 4.12. The zero-order chi connectivity index (χ0) is 9.42. The summed E-state index contributed by atoms with van der Waals surface area (Å²) in [4.78, 5) is 12.7. The second-order valence-corrected chi connectivity index (χ2v) is 4.73. The van der Waals surface area contributed by atoms with E-state index in [4.69, 9.17) is 0 Å². The number of carbonyl (C=O) groups is 1. The lowest BCUT2D eigenvalue weighted by Gasteiger charge is -2.05. The molecule has 0 heterocycles. The van der Waals surface area contributed by atoms with E-state index in [9.17, 15) is 4.79 Å². The Kier molecular flexibility index (Phi) is 2.47. The quantitative estimate of drug-likeness (QED) is 0.718. The van der Waals surface area contributed by atoms with Crippen LogP contribution in [-0.2, 0) is 6.42 Å². The molecule has 0 N–H and O–H groups in total. The molecular weight excluding hydrogens is 248 g/mol. The van der Waals surface area contributed by atoms with Crippen molar-refractivity contribution in [3.05, 3.63) is 27.7 Å². The number of rotatable bonds is 1. The maximum atomic E-state index is 11.6. The van der Waals surface area contributed by atoms with Crippen LogP contribution in [0.3, 0.4) is 0 Å². The molecule has 1 aliphatic carbocycles. The SMILES string of the molecule is CSc1ccc(Br)c2c1C(=O)CC2. The minimum atomic E-state index is 0.292. The van der Waals surface area contributed by atoms with E-state index in [0.717, 1.165) is 21.4 Å². The van der Waals surface area contributed by atoms with Gasteiger partial charge in [-0.2, -0.15) is 0 Å². The Morgan fingerprint density at radius 3 is 2.85 bits per heavy atom. The molecule has 1 aromatic rings. The van der Waals surface area contributed by atoms with Gasteiger partial charge in [0.05, 0.1) is 0 Å². The molecule has 3 heteroatoms. The van der Waals surface area contributed by atoms with Crippen LogP contribution in [0.4, 0.5) is 0 Å². The lowest BCUT2D eigenvalue weighted by molar-refractivity contribution is 0.0992. The van der Waals surface area contributed by atoms with E-state index < -0.39 is 0 Å². The first-order chi connectivity index (χ1) is 6.24. The Balaban J connectivity index is 2.66. The van der Waals surface area contributed by atoms with Crippen LogP contribution in [0.5, 0.6) is 0 Å². The summed E-state index contributed by atoms with van der Waals surface area (Å²) in [6.07, 6.45) is 3.57. The molecule has 0 atom stereocenters. The molecule has 0 aromatic heterocycles. The van der Waals surface area contributed by atoms with Gasteiger partial charge in [0.2, 0.25) is 0 Å². The number of carbonyl (C=O) groups excluding carboxylic acids is 1. The van der Waals surface area contributed by atoms with Crippen LogP contribution in [-0.4, -0.2) is 12.0 Å². The predicted octanol–water partition coefficient (Wildman–Crippen LogP) is 3.30. The molecule has 2 rings (SSSR count). The molecule has 0 spiro atoms. The van der Waals surface area contributed by atoms with Crippen LogP contribution in [0.2, 0.25) is 0 Å².